The number of hydrogen-bond donors (Lipinski definition) is 1. The van der Waals surface area contributed by atoms with Gasteiger partial charge in [-0.3, -0.25) is 0 Å². The summed E-state index contributed by atoms with van der Waals surface area (Å²) in [6.45, 7) is 8.35. The SMILES string of the molecule is CC.CCCCC(CC)C(O)c1cccc(Br)c1. The predicted molar refractivity (Wildman–Crippen MR) is 83.8 cm³/mol. The lowest BCUT2D eigenvalue weighted by atomic mass is 9.89. The van der Waals surface area contributed by atoms with Crippen molar-refractivity contribution < 1.29 is 5.11 Å². The van der Waals surface area contributed by atoms with Crippen molar-refractivity contribution in [3.63, 3.8) is 0 Å². The van der Waals surface area contributed by atoms with Crippen LogP contribution in [0.15, 0.2) is 28.7 Å². The van der Waals surface area contributed by atoms with E-state index in [9.17, 15) is 5.11 Å². The third kappa shape index (κ3) is 6.01. The second-order valence-corrected chi connectivity index (χ2v) is 5.23. The molecule has 2 atom stereocenters. The molecule has 0 aliphatic heterocycles. The summed E-state index contributed by atoms with van der Waals surface area (Å²) in [7, 11) is 0. The fourth-order valence-corrected chi connectivity index (χ4v) is 2.43. The van der Waals surface area contributed by atoms with Gasteiger partial charge < -0.3 is 5.11 Å². The van der Waals surface area contributed by atoms with Gasteiger partial charge >= 0.3 is 0 Å². The minimum Gasteiger partial charge on any atom is -0.388 e. The number of benzene rings is 1. The maximum absolute atomic E-state index is 10.3. The molecular formula is C16H27BrO. The average Bonchev–Trinajstić information content (AvgIpc) is 2.41. The van der Waals surface area contributed by atoms with Crippen LogP contribution in [0, 0.1) is 5.92 Å². The molecule has 0 fully saturated rings. The smallest absolute Gasteiger partial charge is 0.0818 e. The highest BCUT2D eigenvalue weighted by Crippen LogP contribution is 2.30. The molecule has 0 radical (unpaired) electrons. The highest BCUT2D eigenvalue weighted by atomic mass is 79.9. The van der Waals surface area contributed by atoms with E-state index in [1.54, 1.807) is 0 Å². The van der Waals surface area contributed by atoms with Crippen LogP contribution < -0.4 is 0 Å². The van der Waals surface area contributed by atoms with Gasteiger partial charge in [0.15, 0.2) is 0 Å². The summed E-state index contributed by atoms with van der Waals surface area (Å²) in [6.07, 6.45) is 4.22. The molecule has 18 heavy (non-hydrogen) atoms. The van der Waals surface area contributed by atoms with Crippen LogP contribution in [-0.2, 0) is 0 Å². The first-order chi connectivity index (χ1) is 8.69. The maximum atomic E-state index is 10.3. The molecule has 1 aromatic carbocycles. The van der Waals surface area contributed by atoms with E-state index >= 15 is 0 Å². The second kappa shape index (κ2) is 10.6. The van der Waals surface area contributed by atoms with Crippen molar-refractivity contribution in [1.82, 2.24) is 0 Å². The zero-order valence-corrected chi connectivity index (χ0v) is 13.7. The summed E-state index contributed by atoms with van der Waals surface area (Å²) >= 11 is 3.44. The number of hydrogen-bond acceptors (Lipinski definition) is 1. The Morgan fingerprint density at radius 3 is 2.39 bits per heavy atom. The van der Waals surface area contributed by atoms with Gasteiger partial charge in [0.05, 0.1) is 6.10 Å². The molecule has 1 aromatic rings. The molecule has 1 nitrogen and oxygen atoms in total. The Hall–Kier alpha value is -0.340. The summed E-state index contributed by atoms with van der Waals surface area (Å²) < 4.78 is 1.04. The van der Waals surface area contributed by atoms with Crippen molar-refractivity contribution in [1.29, 1.82) is 0 Å². The van der Waals surface area contributed by atoms with Gasteiger partial charge in [-0.2, -0.15) is 0 Å². The van der Waals surface area contributed by atoms with E-state index in [0.29, 0.717) is 5.92 Å². The summed E-state index contributed by atoms with van der Waals surface area (Å²) in [6, 6.07) is 7.99. The molecule has 0 aliphatic carbocycles. The monoisotopic (exact) mass is 314 g/mol. The quantitative estimate of drug-likeness (QED) is 0.711. The minimum atomic E-state index is -0.325. The third-order valence-electron chi connectivity index (χ3n) is 3.09. The zero-order chi connectivity index (χ0) is 14.0. The normalized spacial score (nSPS) is 13.4. The Labute approximate surface area is 121 Å². The van der Waals surface area contributed by atoms with Crippen LogP contribution in [0.1, 0.15) is 65.0 Å². The third-order valence-corrected chi connectivity index (χ3v) is 3.58. The first-order valence-electron chi connectivity index (χ1n) is 7.12. The predicted octanol–water partition coefficient (Wildman–Crippen LogP) is 5.73. The van der Waals surface area contributed by atoms with Crippen LogP contribution in [0.5, 0.6) is 0 Å². The van der Waals surface area contributed by atoms with Crippen LogP contribution in [0.3, 0.4) is 0 Å². The molecule has 104 valence electrons. The van der Waals surface area contributed by atoms with Crippen molar-refractivity contribution in [2.75, 3.05) is 0 Å². The average molecular weight is 315 g/mol. The highest BCUT2D eigenvalue weighted by Gasteiger charge is 2.18. The van der Waals surface area contributed by atoms with Crippen molar-refractivity contribution in [3.05, 3.63) is 34.3 Å². The molecule has 0 bridgehead atoms. The summed E-state index contributed by atoms with van der Waals surface area (Å²) in [5.74, 6) is 0.384. The summed E-state index contributed by atoms with van der Waals surface area (Å²) in [4.78, 5) is 0. The van der Waals surface area contributed by atoms with Gasteiger partial charge in [-0.15, -0.1) is 0 Å². The lowest BCUT2D eigenvalue weighted by molar-refractivity contribution is 0.0989. The lowest BCUT2D eigenvalue weighted by Gasteiger charge is -2.22. The Morgan fingerprint density at radius 2 is 1.89 bits per heavy atom. The Kier molecular flexibility index (Phi) is 10.4. The Morgan fingerprint density at radius 1 is 1.22 bits per heavy atom. The van der Waals surface area contributed by atoms with Crippen LogP contribution >= 0.6 is 15.9 Å². The maximum Gasteiger partial charge on any atom is 0.0818 e. The zero-order valence-electron chi connectivity index (χ0n) is 12.1. The van der Waals surface area contributed by atoms with Crippen LogP contribution in [0.25, 0.3) is 0 Å². The van der Waals surface area contributed by atoms with Crippen molar-refractivity contribution in [2.24, 2.45) is 5.92 Å². The molecule has 0 amide bonds. The number of aliphatic hydroxyl groups excluding tert-OH is 1. The minimum absolute atomic E-state index is 0.325. The van der Waals surface area contributed by atoms with Crippen LogP contribution in [0.2, 0.25) is 0 Å². The van der Waals surface area contributed by atoms with Gasteiger partial charge in [0.25, 0.3) is 0 Å². The number of aliphatic hydroxyl groups is 1. The molecular weight excluding hydrogens is 288 g/mol. The van der Waals surface area contributed by atoms with Gasteiger partial charge in [0.2, 0.25) is 0 Å². The molecule has 2 heteroatoms. The van der Waals surface area contributed by atoms with Gasteiger partial charge in [-0.25, -0.2) is 0 Å². The lowest BCUT2D eigenvalue weighted by Crippen LogP contribution is -2.11. The van der Waals surface area contributed by atoms with E-state index in [0.717, 1.165) is 22.9 Å². The summed E-state index contributed by atoms with van der Waals surface area (Å²) in [5, 5.41) is 10.3. The van der Waals surface area contributed by atoms with Gasteiger partial charge in [-0.05, 0) is 30.0 Å². The fraction of sp³-hybridized carbons (Fsp3) is 0.625. The number of halogens is 1. The molecule has 0 heterocycles. The van der Waals surface area contributed by atoms with E-state index in [-0.39, 0.29) is 6.10 Å². The van der Waals surface area contributed by atoms with Crippen LogP contribution in [-0.4, -0.2) is 5.11 Å². The highest BCUT2D eigenvalue weighted by molar-refractivity contribution is 9.10. The van der Waals surface area contributed by atoms with E-state index in [1.165, 1.54) is 12.8 Å². The Balaban J connectivity index is 0.00000137. The first kappa shape index (κ1) is 17.7. The molecule has 0 saturated heterocycles. The molecule has 1 N–H and O–H groups in total. The van der Waals surface area contributed by atoms with Gasteiger partial charge in [-0.1, -0.05) is 75.0 Å². The van der Waals surface area contributed by atoms with E-state index in [4.69, 9.17) is 0 Å². The summed E-state index contributed by atoms with van der Waals surface area (Å²) in [5.41, 5.74) is 1.03. The standard InChI is InChI=1S/C14H21BrO.C2H6/c1-3-5-7-11(4-2)14(16)12-8-6-9-13(15)10-12;1-2/h6,8-11,14,16H,3-5,7H2,1-2H3;1-2H3. The molecule has 0 aliphatic rings. The first-order valence-corrected chi connectivity index (χ1v) is 7.91. The number of unbranched alkanes of at least 4 members (excludes halogenated alkanes) is 1. The van der Waals surface area contributed by atoms with Crippen molar-refractivity contribution in [3.8, 4) is 0 Å². The largest absolute Gasteiger partial charge is 0.388 e. The molecule has 0 saturated carbocycles. The topological polar surface area (TPSA) is 20.2 Å². The van der Waals surface area contributed by atoms with Crippen molar-refractivity contribution in [2.45, 2.75) is 59.5 Å². The van der Waals surface area contributed by atoms with Gasteiger partial charge in [0, 0.05) is 4.47 Å². The van der Waals surface area contributed by atoms with E-state index in [2.05, 4.69) is 29.8 Å². The van der Waals surface area contributed by atoms with Crippen molar-refractivity contribution >= 4 is 15.9 Å². The van der Waals surface area contributed by atoms with Gasteiger partial charge in [0.1, 0.15) is 0 Å². The molecule has 0 spiro atoms. The second-order valence-electron chi connectivity index (χ2n) is 4.31. The van der Waals surface area contributed by atoms with E-state index in [1.807, 2.05) is 38.1 Å². The molecule has 0 aromatic heterocycles. The molecule has 2 unspecified atom stereocenters. The van der Waals surface area contributed by atoms with Crippen LogP contribution in [0.4, 0.5) is 0 Å². The van der Waals surface area contributed by atoms with E-state index < -0.39 is 0 Å². The molecule has 1 rings (SSSR count). The number of rotatable bonds is 6. The Bertz CT molecular complexity index is 312. The fourth-order valence-electron chi connectivity index (χ4n) is 2.01.